The summed E-state index contributed by atoms with van der Waals surface area (Å²) in [6.45, 7) is 0.821. The lowest BCUT2D eigenvalue weighted by Crippen LogP contribution is -2.37. The Labute approximate surface area is 131 Å². The Morgan fingerprint density at radius 1 is 1.26 bits per heavy atom. The minimum absolute atomic E-state index is 0.396. The summed E-state index contributed by atoms with van der Waals surface area (Å²) < 4.78 is 7.50. The Kier molecular flexibility index (Phi) is 5.69. The van der Waals surface area contributed by atoms with Crippen LogP contribution in [0.5, 0.6) is 5.75 Å². The zero-order valence-electron chi connectivity index (χ0n) is 11.1. The number of hydrogen-bond acceptors (Lipinski definition) is 3. The summed E-state index contributed by atoms with van der Waals surface area (Å²) in [6.07, 6.45) is 4.57. The smallest absolute Gasteiger partial charge is 0.137 e. The van der Waals surface area contributed by atoms with Gasteiger partial charge in [0.1, 0.15) is 5.75 Å². The predicted octanol–water partition coefficient (Wildman–Crippen LogP) is 3.58. The molecule has 3 N–H and O–H groups in total. The number of nitrogens with two attached hydrogens (primary N) is 1. The van der Waals surface area contributed by atoms with Gasteiger partial charge in [0.2, 0.25) is 0 Å². The summed E-state index contributed by atoms with van der Waals surface area (Å²) in [5.74, 6) is 0.906. The summed E-state index contributed by atoms with van der Waals surface area (Å²) in [5.41, 5.74) is 7.09. The largest absolute Gasteiger partial charge is 0.495 e. The first-order valence-electron chi connectivity index (χ1n) is 6.61. The Hall–Kier alpha value is -0.100. The maximum absolute atomic E-state index is 5.93. The highest BCUT2D eigenvalue weighted by Gasteiger charge is 2.18. The fraction of sp³-hybridized carbons (Fsp3) is 0.571. The summed E-state index contributed by atoms with van der Waals surface area (Å²) in [6, 6.07) is 5.07. The summed E-state index contributed by atoms with van der Waals surface area (Å²) in [7, 11) is 1.71. The van der Waals surface area contributed by atoms with Crippen LogP contribution in [0, 0.1) is 0 Å². The van der Waals surface area contributed by atoms with Crippen molar-refractivity contribution in [3.63, 3.8) is 0 Å². The van der Waals surface area contributed by atoms with Gasteiger partial charge in [-0.15, -0.1) is 0 Å². The lowest BCUT2D eigenvalue weighted by Gasteiger charge is -2.27. The molecule has 0 heterocycles. The highest BCUT2D eigenvalue weighted by molar-refractivity contribution is 9.11. The van der Waals surface area contributed by atoms with E-state index in [1.54, 1.807) is 7.11 Å². The fourth-order valence-corrected chi connectivity index (χ4v) is 4.03. The first kappa shape index (κ1) is 15.3. The van der Waals surface area contributed by atoms with Crippen molar-refractivity contribution in [3.8, 4) is 5.75 Å². The number of halogens is 2. The minimum atomic E-state index is 0.396. The van der Waals surface area contributed by atoms with E-state index in [0.717, 1.165) is 34.1 Å². The van der Waals surface area contributed by atoms with E-state index < -0.39 is 0 Å². The first-order chi connectivity index (χ1) is 9.10. The van der Waals surface area contributed by atoms with E-state index in [0.29, 0.717) is 12.1 Å². The van der Waals surface area contributed by atoms with E-state index in [9.17, 15) is 0 Å². The number of methoxy groups -OCH3 is 1. The van der Waals surface area contributed by atoms with Gasteiger partial charge in [0.05, 0.1) is 11.6 Å². The fourth-order valence-electron chi connectivity index (χ4n) is 2.55. The van der Waals surface area contributed by atoms with E-state index >= 15 is 0 Å². The van der Waals surface area contributed by atoms with Crippen LogP contribution in [0.2, 0.25) is 0 Å². The maximum Gasteiger partial charge on any atom is 0.137 e. The third-order valence-electron chi connectivity index (χ3n) is 3.64. The molecule has 0 bridgehead atoms. The molecule has 0 radical (unpaired) electrons. The number of hydrogen-bond donors (Lipinski definition) is 2. The lowest BCUT2D eigenvalue weighted by atomic mass is 9.92. The standard InChI is InChI=1S/C14H20Br2N2O/c1-19-14-9(6-10(15)7-13(14)16)8-18-12-4-2-11(17)3-5-12/h6-7,11-12,18H,2-5,8,17H2,1H3. The highest BCUT2D eigenvalue weighted by atomic mass is 79.9. The van der Waals surface area contributed by atoms with Gasteiger partial charge in [0.25, 0.3) is 0 Å². The van der Waals surface area contributed by atoms with Crippen molar-refractivity contribution >= 4 is 31.9 Å². The Bertz CT molecular complexity index is 432. The number of ether oxygens (including phenoxy) is 1. The van der Waals surface area contributed by atoms with Crippen LogP contribution in [0.1, 0.15) is 31.2 Å². The number of rotatable bonds is 4. The van der Waals surface area contributed by atoms with E-state index in [4.69, 9.17) is 10.5 Å². The molecule has 1 aliphatic carbocycles. The van der Waals surface area contributed by atoms with E-state index in [-0.39, 0.29) is 0 Å². The monoisotopic (exact) mass is 390 g/mol. The molecule has 0 amide bonds. The maximum atomic E-state index is 5.93. The second kappa shape index (κ2) is 7.07. The third-order valence-corrected chi connectivity index (χ3v) is 4.69. The summed E-state index contributed by atoms with van der Waals surface area (Å²) >= 11 is 7.05. The van der Waals surface area contributed by atoms with Crippen molar-refractivity contribution in [3.05, 3.63) is 26.6 Å². The molecule has 0 saturated heterocycles. The van der Waals surface area contributed by atoms with Gasteiger partial charge in [-0.3, -0.25) is 0 Å². The molecule has 1 saturated carbocycles. The van der Waals surface area contributed by atoms with E-state index in [1.165, 1.54) is 18.4 Å². The average Bonchev–Trinajstić information content (AvgIpc) is 2.37. The van der Waals surface area contributed by atoms with Crippen LogP contribution in [0.4, 0.5) is 0 Å². The van der Waals surface area contributed by atoms with Crippen LogP contribution in [0.3, 0.4) is 0 Å². The van der Waals surface area contributed by atoms with Crippen molar-refractivity contribution in [1.82, 2.24) is 5.32 Å². The minimum Gasteiger partial charge on any atom is -0.495 e. The molecular weight excluding hydrogens is 372 g/mol. The Morgan fingerprint density at radius 3 is 2.58 bits per heavy atom. The molecule has 0 aliphatic heterocycles. The van der Waals surface area contributed by atoms with Gasteiger partial charge in [0.15, 0.2) is 0 Å². The van der Waals surface area contributed by atoms with Gasteiger partial charge in [-0.2, -0.15) is 0 Å². The molecule has 1 aromatic carbocycles. The average molecular weight is 392 g/mol. The molecular formula is C14H20Br2N2O. The van der Waals surface area contributed by atoms with Crippen molar-refractivity contribution in [2.24, 2.45) is 5.73 Å². The molecule has 1 fully saturated rings. The van der Waals surface area contributed by atoms with E-state index in [1.807, 2.05) is 6.07 Å². The SMILES string of the molecule is COc1c(Br)cc(Br)cc1CNC1CCC(N)CC1. The van der Waals surface area contributed by atoms with Crippen LogP contribution in [-0.2, 0) is 6.54 Å². The van der Waals surface area contributed by atoms with Crippen LogP contribution in [0.25, 0.3) is 0 Å². The topological polar surface area (TPSA) is 47.3 Å². The lowest BCUT2D eigenvalue weighted by molar-refractivity contribution is 0.338. The van der Waals surface area contributed by atoms with Gasteiger partial charge in [-0.25, -0.2) is 0 Å². The molecule has 106 valence electrons. The molecule has 0 spiro atoms. The second-order valence-corrected chi connectivity index (χ2v) is 6.84. The van der Waals surface area contributed by atoms with Gasteiger partial charge in [0, 0.05) is 28.7 Å². The van der Waals surface area contributed by atoms with Crippen molar-refractivity contribution < 1.29 is 4.74 Å². The zero-order valence-corrected chi connectivity index (χ0v) is 14.3. The molecule has 1 aliphatic rings. The molecule has 5 heteroatoms. The molecule has 3 nitrogen and oxygen atoms in total. The quantitative estimate of drug-likeness (QED) is 0.824. The van der Waals surface area contributed by atoms with Crippen LogP contribution in [-0.4, -0.2) is 19.2 Å². The Morgan fingerprint density at radius 2 is 1.95 bits per heavy atom. The number of nitrogens with one attached hydrogen (secondary N) is 1. The van der Waals surface area contributed by atoms with Crippen LogP contribution >= 0.6 is 31.9 Å². The van der Waals surface area contributed by atoms with Crippen molar-refractivity contribution in [2.75, 3.05) is 7.11 Å². The Balaban J connectivity index is 1.99. The molecule has 0 atom stereocenters. The van der Waals surface area contributed by atoms with Crippen LogP contribution in [0.15, 0.2) is 21.1 Å². The zero-order chi connectivity index (χ0) is 13.8. The normalized spacial score (nSPS) is 23.4. The molecule has 0 unspecified atom stereocenters. The predicted molar refractivity (Wildman–Crippen MR) is 85.5 cm³/mol. The molecule has 0 aromatic heterocycles. The number of benzene rings is 1. The van der Waals surface area contributed by atoms with Gasteiger partial charge >= 0.3 is 0 Å². The van der Waals surface area contributed by atoms with Gasteiger partial charge in [-0.1, -0.05) is 15.9 Å². The first-order valence-corrected chi connectivity index (χ1v) is 8.19. The van der Waals surface area contributed by atoms with Crippen molar-refractivity contribution in [1.29, 1.82) is 0 Å². The van der Waals surface area contributed by atoms with Gasteiger partial charge in [-0.05, 0) is 53.7 Å². The molecule has 19 heavy (non-hydrogen) atoms. The third kappa shape index (κ3) is 4.18. The second-order valence-electron chi connectivity index (χ2n) is 5.07. The summed E-state index contributed by atoms with van der Waals surface area (Å²) in [5, 5.41) is 3.61. The summed E-state index contributed by atoms with van der Waals surface area (Å²) in [4.78, 5) is 0. The highest BCUT2D eigenvalue weighted by Crippen LogP contribution is 2.32. The molecule has 2 rings (SSSR count). The van der Waals surface area contributed by atoms with Gasteiger partial charge < -0.3 is 15.8 Å². The van der Waals surface area contributed by atoms with Crippen LogP contribution < -0.4 is 15.8 Å². The van der Waals surface area contributed by atoms with Crippen molar-refractivity contribution in [2.45, 2.75) is 44.3 Å². The van der Waals surface area contributed by atoms with E-state index in [2.05, 4.69) is 43.2 Å². The molecule has 1 aromatic rings.